The van der Waals surface area contributed by atoms with Gasteiger partial charge in [0.2, 0.25) is 5.95 Å². The first-order chi connectivity index (χ1) is 13.5. The highest BCUT2D eigenvalue weighted by Crippen LogP contribution is 2.35. The Morgan fingerprint density at radius 1 is 1.11 bits per heavy atom. The summed E-state index contributed by atoms with van der Waals surface area (Å²) in [6.45, 7) is 3.42. The topological polar surface area (TPSA) is 95.3 Å². The number of anilines is 1. The SMILES string of the molecule is Cc1ccc(C(=O)N2C[C@@H]3C[C@H]2CN3c2nc3c(C(N)=O)cccc3[nH]2)cc1. The minimum Gasteiger partial charge on any atom is -0.366 e. The van der Waals surface area contributed by atoms with Gasteiger partial charge < -0.3 is 20.5 Å². The molecule has 0 spiro atoms. The van der Waals surface area contributed by atoms with Crippen LogP contribution in [0.3, 0.4) is 0 Å². The average molecular weight is 375 g/mol. The predicted octanol–water partition coefficient (Wildman–Crippen LogP) is 2.07. The maximum absolute atomic E-state index is 12.9. The molecule has 1 aromatic heterocycles. The summed E-state index contributed by atoms with van der Waals surface area (Å²) in [7, 11) is 0. The third-order valence-electron chi connectivity index (χ3n) is 5.84. The molecular formula is C21H21N5O2. The zero-order valence-electron chi connectivity index (χ0n) is 15.6. The fourth-order valence-corrected chi connectivity index (χ4v) is 4.39. The lowest BCUT2D eigenvalue weighted by atomic mass is 10.1. The quantitative estimate of drug-likeness (QED) is 0.733. The van der Waals surface area contributed by atoms with Crippen molar-refractivity contribution in [3.63, 3.8) is 0 Å². The highest BCUT2D eigenvalue weighted by atomic mass is 16.2. The van der Waals surface area contributed by atoms with Crippen LogP contribution in [0.5, 0.6) is 0 Å². The van der Waals surface area contributed by atoms with Crippen LogP contribution >= 0.6 is 0 Å². The van der Waals surface area contributed by atoms with E-state index in [1.165, 1.54) is 0 Å². The number of nitrogens with zero attached hydrogens (tertiary/aromatic N) is 3. The van der Waals surface area contributed by atoms with E-state index in [2.05, 4.69) is 14.9 Å². The zero-order chi connectivity index (χ0) is 19.4. The molecule has 2 aromatic carbocycles. The van der Waals surface area contributed by atoms with E-state index in [-0.39, 0.29) is 18.0 Å². The smallest absolute Gasteiger partial charge is 0.254 e. The van der Waals surface area contributed by atoms with Crippen molar-refractivity contribution in [2.75, 3.05) is 18.0 Å². The summed E-state index contributed by atoms with van der Waals surface area (Å²) in [6.07, 6.45) is 0.928. The third-order valence-corrected chi connectivity index (χ3v) is 5.84. The van der Waals surface area contributed by atoms with Crippen molar-refractivity contribution in [3.05, 3.63) is 59.2 Å². The second kappa shape index (κ2) is 6.09. The molecule has 2 saturated heterocycles. The minimum absolute atomic E-state index is 0.0905. The number of carbonyl (C=O) groups excluding carboxylic acids is 2. The fraction of sp³-hybridized carbons (Fsp3) is 0.286. The second-order valence-corrected chi connectivity index (χ2v) is 7.65. The molecule has 7 heteroatoms. The molecule has 2 aliphatic heterocycles. The first kappa shape index (κ1) is 16.8. The molecule has 2 fully saturated rings. The zero-order valence-corrected chi connectivity index (χ0v) is 15.6. The van der Waals surface area contributed by atoms with E-state index >= 15 is 0 Å². The van der Waals surface area contributed by atoms with Gasteiger partial charge in [-0.2, -0.15) is 0 Å². The maximum atomic E-state index is 12.9. The molecule has 2 amide bonds. The number of aryl methyl sites for hydroxylation is 1. The first-order valence-corrected chi connectivity index (χ1v) is 9.44. The number of nitrogens with one attached hydrogen (secondary N) is 1. The van der Waals surface area contributed by atoms with Gasteiger partial charge in [0, 0.05) is 18.7 Å². The maximum Gasteiger partial charge on any atom is 0.254 e. The monoisotopic (exact) mass is 375 g/mol. The molecule has 3 heterocycles. The number of nitrogens with two attached hydrogens (primary N) is 1. The number of primary amides is 1. The number of imidazole rings is 1. The molecule has 2 bridgehead atoms. The number of H-pyrrole nitrogens is 1. The van der Waals surface area contributed by atoms with Gasteiger partial charge >= 0.3 is 0 Å². The molecule has 0 radical (unpaired) electrons. The van der Waals surface area contributed by atoms with Crippen molar-refractivity contribution in [2.45, 2.75) is 25.4 Å². The molecule has 28 heavy (non-hydrogen) atoms. The summed E-state index contributed by atoms with van der Waals surface area (Å²) in [5, 5.41) is 0. The van der Waals surface area contributed by atoms with Gasteiger partial charge in [-0.05, 0) is 37.6 Å². The molecule has 2 aliphatic rings. The summed E-state index contributed by atoms with van der Waals surface area (Å²) in [6, 6.07) is 13.5. The number of carbonyl (C=O) groups is 2. The van der Waals surface area contributed by atoms with Crippen LogP contribution in [-0.2, 0) is 0 Å². The van der Waals surface area contributed by atoms with Crippen LogP contribution in [-0.4, -0.2) is 51.9 Å². The Morgan fingerprint density at radius 2 is 1.89 bits per heavy atom. The number of piperazine rings is 1. The third kappa shape index (κ3) is 2.54. The number of hydrogen-bond acceptors (Lipinski definition) is 4. The molecular weight excluding hydrogens is 354 g/mol. The largest absolute Gasteiger partial charge is 0.366 e. The van der Waals surface area contributed by atoms with Gasteiger partial charge in [-0.25, -0.2) is 4.98 Å². The number of hydrogen-bond donors (Lipinski definition) is 2. The van der Waals surface area contributed by atoms with Gasteiger partial charge in [0.05, 0.1) is 23.2 Å². The molecule has 0 saturated carbocycles. The molecule has 2 atom stereocenters. The molecule has 3 N–H and O–H groups in total. The Hall–Kier alpha value is -3.35. The number of rotatable bonds is 3. The lowest BCUT2D eigenvalue weighted by Crippen LogP contribution is -2.49. The van der Waals surface area contributed by atoms with E-state index in [9.17, 15) is 9.59 Å². The van der Waals surface area contributed by atoms with Gasteiger partial charge in [-0.3, -0.25) is 9.59 Å². The number of benzene rings is 2. The van der Waals surface area contributed by atoms with E-state index in [0.717, 1.165) is 35.6 Å². The summed E-state index contributed by atoms with van der Waals surface area (Å²) >= 11 is 0. The van der Waals surface area contributed by atoms with Crippen LogP contribution in [0.1, 0.15) is 32.7 Å². The van der Waals surface area contributed by atoms with E-state index in [4.69, 9.17) is 5.73 Å². The van der Waals surface area contributed by atoms with Crippen LogP contribution in [0, 0.1) is 6.92 Å². The van der Waals surface area contributed by atoms with Gasteiger partial charge in [-0.15, -0.1) is 0 Å². The minimum atomic E-state index is -0.485. The molecule has 142 valence electrons. The predicted molar refractivity (Wildman–Crippen MR) is 106 cm³/mol. The van der Waals surface area contributed by atoms with Crippen LogP contribution in [0.2, 0.25) is 0 Å². The van der Waals surface area contributed by atoms with E-state index < -0.39 is 5.91 Å². The normalized spacial score (nSPS) is 20.9. The Balaban J connectivity index is 1.38. The van der Waals surface area contributed by atoms with Crippen LogP contribution in [0.15, 0.2) is 42.5 Å². The van der Waals surface area contributed by atoms with Crippen molar-refractivity contribution in [1.29, 1.82) is 0 Å². The van der Waals surface area contributed by atoms with Gasteiger partial charge in [0.25, 0.3) is 11.8 Å². The first-order valence-electron chi connectivity index (χ1n) is 9.44. The fourth-order valence-electron chi connectivity index (χ4n) is 4.39. The lowest BCUT2D eigenvalue weighted by molar-refractivity contribution is 0.0725. The van der Waals surface area contributed by atoms with Crippen LogP contribution in [0.25, 0.3) is 11.0 Å². The highest BCUT2D eigenvalue weighted by Gasteiger charge is 2.46. The Labute approximate surface area is 162 Å². The molecule has 3 aromatic rings. The van der Waals surface area contributed by atoms with Gasteiger partial charge in [-0.1, -0.05) is 23.8 Å². The summed E-state index contributed by atoms with van der Waals surface area (Å²) in [5.74, 6) is 0.341. The van der Waals surface area contributed by atoms with Crippen LogP contribution in [0.4, 0.5) is 5.95 Å². The van der Waals surface area contributed by atoms with Gasteiger partial charge in [0.15, 0.2) is 0 Å². The lowest BCUT2D eigenvalue weighted by Gasteiger charge is -2.34. The Kier molecular flexibility index (Phi) is 3.65. The summed E-state index contributed by atoms with van der Waals surface area (Å²) in [5.41, 5.74) is 9.16. The standard InChI is InChI=1S/C21H21N5O2/c1-12-5-7-13(8-6-12)20(28)25-10-15-9-14(25)11-26(15)21-23-17-4-2-3-16(19(22)27)18(17)24-21/h2-8,14-15H,9-11H2,1H3,(H2,22,27)(H,23,24)/t14-,15-/m0/s1. The van der Waals surface area contributed by atoms with Crippen molar-refractivity contribution >= 4 is 28.8 Å². The summed E-state index contributed by atoms with van der Waals surface area (Å²) < 4.78 is 0. The highest BCUT2D eigenvalue weighted by molar-refractivity contribution is 6.04. The van der Waals surface area contributed by atoms with Crippen LogP contribution < -0.4 is 10.6 Å². The number of likely N-dealkylation sites (tertiary alicyclic amines) is 1. The van der Waals surface area contributed by atoms with Gasteiger partial charge in [0.1, 0.15) is 5.52 Å². The number of aromatic amines is 1. The van der Waals surface area contributed by atoms with Crippen molar-refractivity contribution in [1.82, 2.24) is 14.9 Å². The summed E-state index contributed by atoms with van der Waals surface area (Å²) in [4.78, 5) is 36.7. The number of amides is 2. The Bertz CT molecular complexity index is 1090. The van der Waals surface area contributed by atoms with Crippen molar-refractivity contribution in [3.8, 4) is 0 Å². The molecule has 0 unspecified atom stereocenters. The Morgan fingerprint density at radius 3 is 2.57 bits per heavy atom. The van der Waals surface area contributed by atoms with Crippen molar-refractivity contribution < 1.29 is 9.59 Å². The molecule has 5 rings (SSSR count). The molecule has 0 aliphatic carbocycles. The molecule has 7 nitrogen and oxygen atoms in total. The number of aromatic nitrogens is 2. The second-order valence-electron chi connectivity index (χ2n) is 7.65. The van der Waals surface area contributed by atoms with E-state index in [1.54, 1.807) is 12.1 Å². The number of para-hydroxylation sites is 1. The van der Waals surface area contributed by atoms with Crippen molar-refractivity contribution in [2.24, 2.45) is 5.73 Å². The van der Waals surface area contributed by atoms with E-state index in [0.29, 0.717) is 17.6 Å². The van der Waals surface area contributed by atoms with E-state index in [1.807, 2.05) is 42.2 Å². The number of fused-ring (bicyclic) bond motifs is 3. The average Bonchev–Trinajstić information content (AvgIpc) is 3.40.